The molecule has 4 rings (SSSR count). The maximum atomic E-state index is 12.6. The van der Waals surface area contributed by atoms with Crippen LogP contribution in [-0.2, 0) is 11.4 Å². The van der Waals surface area contributed by atoms with Crippen LogP contribution in [-0.4, -0.2) is 28.0 Å². The Morgan fingerprint density at radius 3 is 2.70 bits per heavy atom. The molecule has 0 atom stereocenters. The van der Waals surface area contributed by atoms with Crippen LogP contribution in [0.1, 0.15) is 16.7 Å². The molecule has 6 heteroatoms. The van der Waals surface area contributed by atoms with E-state index in [1.165, 1.54) is 17.3 Å². The largest absolute Gasteiger partial charge is 0.489 e. The van der Waals surface area contributed by atoms with E-state index in [2.05, 4.69) is 41.2 Å². The van der Waals surface area contributed by atoms with Crippen LogP contribution in [0.15, 0.2) is 82.8 Å². The molecule has 3 aromatic rings. The van der Waals surface area contributed by atoms with Gasteiger partial charge in [-0.05, 0) is 60.2 Å². The molecular formula is C24H21N3O2S. The maximum Gasteiger partial charge on any atom is 0.266 e. The Morgan fingerprint density at radius 1 is 1.10 bits per heavy atom. The summed E-state index contributed by atoms with van der Waals surface area (Å²) in [7, 11) is 1.72. The first-order valence-electron chi connectivity index (χ1n) is 9.54. The normalized spacial score (nSPS) is 16.5. The number of amidine groups is 1. The molecule has 30 heavy (non-hydrogen) atoms. The molecule has 0 aliphatic carbocycles. The van der Waals surface area contributed by atoms with Crippen molar-refractivity contribution in [1.29, 1.82) is 0 Å². The molecule has 0 unspecified atom stereocenters. The Kier molecular flexibility index (Phi) is 5.95. The molecule has 1 aliphatic heterocycles. The zero-order valence-corrected chi connectivity index (χ0v) is 17.6. The number of benzene rings is 2. The fourth-order valence-electron chi connectivity index (χ4n) is 2.87. The van der Waals surface area contributed by atoms with Gasteiger partial charge in [-0.2, -0.15) is 0 Å². The van der Waals surface area contributed by atoms with Gasteiger partial charge >= 0.3 is 0 Å². The SMILES string of the molecule is Cc1ccc(COc2cccc(/C=C3\S/C(=N/c4ccccn4)N(C)C3=O)c2)cc1. The van der Waals surface area contributed by atoms with Crippen LogP contribution < -0.4 is 4.74 Å². The van der Waals surface area contributed by atoms with Gasteiger partial charge in [0.05, 0.1) is 4.91 Å². The number of carbonyl (C=O) groups is 1. The summed E-state index contributed by atoms with van der Waals surface area (Å²) in [6.07, 6.45) is 3.54. The number of thioether (sulfide) groups is 1. The second kappa shape index (κ2) is 8.97. The number of hydrogen-bond acceptors (Lipinski definition) is 5. The zero-order chi connectivity index (χ0) is 20.9. The number of aliphatic imine (C=N–C) groups is 1. The summed E-state index contributed by atoms with van der Waals surface area (Å²) < 4.78 is 5.92. The first-order valence-corrected chi connectivity index (χ1v) is 10.4. The standard InChI is InChI=1S/C24H21N3O2S/c1-17-9-11-18(12-10-17)16-29-20-7-5-6-19(14-20)15-21-23(28)27(2)24(30-21)26-22-8-3-4-13-25-22/h3-15H,16H2,1-2H3/b21-15-,26-24+. The van der Waals surface area contributed by atoms with Crippen molar-refractivity contribution in [3.05, 3.63) is 94.5 Å². The molecule has 1 aromatic heterocycles. The van der Waals surface area contributed by atoms with Crippen LogP contribution in [0.25, 0.3) is 6.08 Å². The van der Waals surface area contributed by atoms with Crippen molar-refractivity contribution in [2.45, 2.75) is 13.5 Å². The van der Waals surface area contributed by atoms with E-state index in [4.69, 9.17) is 4.74 Å². The van der Waals surface area contributed by atoms with Crippen molar-refractivity contribution in [1.82, 2.24) is 9.88 Å². The smallest absolute Gasteiger partial charge is 0.266 e. The van der Waals surface area contributed by atoms with Gasteiger partial charge in [0.25, 0.3) is 5.91 Å². The van der Waals surface area contributed by atoms with Crippen molar-refractivity contribution in [3.63, 3.8) is 0 Å². The Labute approximate surface area is 180 Å². The number of pyridine rings is 1. The molecule has 2 heterocycles. The minimum absolute atomic E-state index is 0.0827. The second-order valence-corrected chi connectivity index (χ2v) is 7.91. The van der Waals surface area contributed by atoms with E-state index in [-0.39, 0.29) is 5.91 Å². The van der Waals surface area contributed by atoms with E-state index in [9.17, 15) is 4.79 Å². The monoisotopic (exact) mass is 415 g/mol. The summed E-state index contributed by atoms with van der Waals surface area (Å²) in [4.78, 5) is 23.5. The molecule has 0 bridgehead atoms. The van der Waals surface area contributed by atoms with E-state index in [0.717, 1.165) is 16.9 Å². The van der Waals surface area contributed by atoms with Gasteiger partial charge in [0.2, 0.25) is 0 Å². The predicted octanol–water partition coefficient (Wildman–Crippen LogP) is 5.20. The predicted molar refractivity (Wildman–Crippen MR) is 122 cm³/mol. The van der Waals surface area contributed by atoms with Gasteiger partial charge < -0.3 is 4.74 Å². The Balaban J connectivity index is 1.49. The molecule has 5 nitrogen and oxygen atoms in total. The van der Waals surface area contributed by atoms with Crippen molar-refractivity contribution >= 4 is 34.7 Å². The molecule has 0 saturated carbocycles. The molecule has 1 fully saturated rings. The van der Waals surface area contributed by atoms with Crippen LogP contribution in [0, 0.1) is 6.92 Å². The maximum absolute atomic E-state index is 12.6. The zero-order valence-electron chi connectivity index (χ0n) is 16.8. The van der Waals surface area contributed by atoms with Crippen LogP contribution in [0.2, 0.25) is 0 Å². The number of amides is 1. The highest BCUT2D eigenvalue weighted by Crippen LogP contribution is 2.33. The quantitative estimate of drug-likeness (QED) is 0.537. The van der Waals surface area contributed by atoms with Crippen molar-refractivity contribution in [2.75, 3.05) is 7.05 Å². The topological polar surface area (TPSA) is 54.8 Å². The number of nitrogens with zero attached hydrogens (tertiary/aromatic N) is 3. The Bertz CT molecular complexity index is 1110. The van der Waals surface area contributed by atoms with E-state index in [0.29, 0.717) is 22.5 Å². The summed E-state index contributed by atoms with van der Waals surface area (Å²) in [6.45, 7) is 2.56. The molecule has 2 aromatic carbocycles. The van der Waals surface area contributed by atoms with Crippen molar-refractivity contribution in [3.8, 4) is 5.75 Å². The van der Waals surface area contributed by atoms with Crippen LogP contribution >= 0.6 is 11.8 Å². The molecule has 0 radical (unpaired) electrons. The number of carbonyl (C=O) groups excluding carboxylic acids is 1. The van der Waals surface area contributed by atoms with Gasteiger partial charge in [-0.25, -0.2) is 9.98 Å². The molecule has 1 amide bonds. The number of rotatable bonds is 5. The van der Waals surface area contributed by atoms with Gasteiger partial charge in [0.1, 0.15) is 12.4 Å². The van der Waals surface area contributed by atoms with Gasteiger partial charge in [0.15, 0.2) is 11.0 Å². The number of aryl methyl sites for hydroxylation is 1. The van der Waals surface area contributed by atoms with E-state index >= 15 is 0 Å². The average molecular weight is 416 g/mol. The molecule has 1 aliphatic rings. The number of likely N-dealkylation sites (N-methyl/N-ethyl adjacent to an activating group) is 1. The van der Waals surface area contributed by atoms with Crippen LogP contribution in [0.4, 0.5) is 5.82 Å². The molecule has 0 spiro atoms. The van der Waals surface area contributed by atoms with E-state index in [1.807, 2.05) is 48.5 Å². The summed E-state index contributed by atoms with van der Waals surface area (Å²) >= 11 is 1.34. The molecular weight excluding hydrogens is 394 g/mol. The number of aromatic nitrogens is 1. The highest BCUT2D eigenvalue weighted by Gasteiger charge is 2.30. The summed E-state index contributed by atoms with van der Waals surface area (Å²) in [5.41, 5.74) is 3.24. The fraction of sp³-hybridized carbons (Fsp3) is 0.125. The number of hydrogen-bond donors (Lipinski definition) is 0. The minimum atomic E-state index is -0.0827. The lowest BCUT2D eigenvalue weighted by Gasteiger charge is -2.07. The number of ether oxygens (including phenoxy) is 1. The lowest BCUT2D eigenvalue weighted by molar-refractivity contribution is -0.121. The van der Waals surface area contributed by atoms with Crippen LogP contribution in [0.3, 0.4) is 0 Å². The van der Waals surface area contributed by atoms with Crippen LogP contribution in [0.5, 0.6) is 5.75 Å². The third-order valence-electron chi connectivity index (χ3n) is 4.55. The lowest BCUT2D eigenvalue weighted by Crippen LogP contribution is -2.23. The third-order valence-corrected chi connectivity index (χ3v) is 5.61. The first-order chi connectivity index (χ1) is 14.6. The fourth-order valence-corrected chi connectivity index (χ4v) is 3.84. The highest BCUT2D eigenvalue weighted by atomic mass is 32.2. The second-order valence-electron chi connectivity index (χ2n) is 6.90. The minimum Gasteiger partial charge on any atom is -0.489 e. The van der Waals surface area contributed by atoms with Gasteiger partial charge in [-0.1, -0.05) is 48.0 Å². The van der Waals surface area contributed by atoms with Gasteiger partial charge in [0, 0.05) is 13.2 Å². The molecule has 0 N–H and O–H groups in total. The molecule has 150 valence electrons. The lowest BCUT2D eigenvalue weighted by atomic mass is 10.1. The summed E-state index contributed by atoms with van der Waals surface area (Å²) in [6, 6.07) is 21.5. The van der Waals surface area contributed by atoms with Crippen molar-refractivity contribution < 1.29 is 9.53 Å². The highest BCUT2D eigenvalue weighted by molar-refractivity contribution is 8.18. The first kappa shape index (κ1) is 19.9. The van der Waals surface area contributed by atoms with Gasteiger partial charge in [-0.3, -0.25) is 9.69 Å². The van der Waals surface area contributed by atoms with Gasteiger partial charge in [-0.15, -0.1) is 0 Å². The summed E-state index contributed by atoms with van der Waals surface area (Å²) in [5.74, 6) is 1.25. The van der Waals surface area contributed by atoms with Crippen molar-refractivity contribution in [2.24, 2.45) is 4.99 Å². The third kappa shape index (κ3) is 4.78. The Hall–Kier alpha value is -3.38. The average Bonchev–Trinajstić information content (AvgIpc) is 3.02. The Morgan fingerprint density at radius 2 is 1.93 bits per heavy atom. The van der Waals surface area contributed by atoms with E-state index < -0.39 is 0 Å². The summed E-state index contributed by atoms with van der Waals surface area (Å²) in [5, 5.41) is 0.608. The van der Waals surface area contributed by atoms with E-state index in [1.54, 1.807) is 18.1 Å². The molecule has 1 saturated heterocycles.